The van der Waals surface area contributed by atoms with Gasteiger partial charge in [-0.25, -0.2) is 0 Å². The van der Waals surface area contributed by atoms with E-state index >= 15 is 0 Å². The molecule has 2 nitrogen and oxygen atoms in total. The van der Waals surface area contributed by atoms with Gasteiger partial charge in [-0.1, -0.05) is 103 Å². The highest BCUT2D eigenvalue weighted by Gasteiger charge is 2.22. The van der Waals surface area contributed by atoms with Crippen LogP contribution in [0.3, 0.4) is 0 Å². The number of nitrogens with zero attached hydrogens (tertiary/aromatic N) is 1. The van der Waals surface area contributed by atoms with Gasteiger partial charge in [-0.15, -0.1) is 11.3 Å². The van der Waals surface area contributed by atoms with Crippen molar-refractivity contribution < 1.29 is 4.42 Å². The number of anilines is 3. The molecule has 0 unspecified atom stereocenters. The Labute approximate surface area is 252 Å². The van der Waals surface area contributed by atoms with Gasteiger partial charge < -0.3 is 9.32 Å². The minimum Gasteiger partial charge on any atom is -0.456 e. The average molecular weight is 568 g/mol. The topological polar surface area (TPSA) is 16.4 Å². The van der Waals surface area contributed by atoms with Gasteiger partial charge >= 0.3 is 0 Å². The Morgan fingerprint density at radius 2 is 1.09 bits per heavy atom. The first-order valence-electron chi connectivity index (χ1n) is 14.5. The Morgan fingerprint density at radius 3 is 1.95 bits per heavy atom. The van der Waals surface area contributed by atoms with Gasteiger partial charge in [0, 0.05) is 53.8 Å². The van der Waals surface area contributed by atoms with E-state index < -0.39 is 0 Å². The van der Waals surface area contributed by atoms with Crippen LogP contribution < -0.4 is 4.90 Å². The SMILES string of the molecule is c1ccc(-c2ccc(N(c3ccc4c(c3)oc3ccccc34)c3c4ccccc4cc4sc5ccccc5c34)cc2)cc1. The molecule has 0 bridgehead atoms. The van der Waals surface area contributed by atoms with Crippen LogP contribution in [0.2, 0.25) is 0 Å². The first kappa shape index (κ1) is 24.2. The lowest BCUT2D eigenvalue weighted by Crippen LogP contribution is -2.11. The molecule has 202 valence electrons. The fraction of sp³-hybridized carbons (Fsp3) is 0. The highest BCUT2D eigenvalue weighted by atomic mass is 32.1. The van der Waals surface area contributed by atoms with Crippen molar-refractivity contribution >= 4 is 81.3 Å². The third-order valence-corrected chi connectivity index (χ3v) is 9.56. The Morgan fingerprint density at radius 1 is 0.442 bits per heavy atom. The Kier molecular flexibility index (Phi) is 5.40. The number of rotatable bonds is 4. The molecule has 0 N–H and O–H groups in total. The second-order valence-corrected chi connectivity index (χ2v) is 12.0. The van der Waals surface area contributed by atoms with Crippen LogP contribution in [0.1, 0.15) is 0 Å². The van der Waals surface area contributed by atoms with E-state index in [1.165, 1.54) is 47.8 Å². The lowest BCUT2D eigenvalue weighted by atomic mass is 10.00. The van der Waals surface area contributed by atoms with Gasteiger partial charge in [0.2, 0.25) is 0 Å². The van der Waals surface area contributed by atoms with Crippen LogP contribution in [0.4, 0.5) is 17.1 Å². The van der Waals surface area contributed by atoms with Gasteiger partial charge in [-0.05, 0) is 59.0 Å². The largest absolute Gasteiger partial charge is 0.456 e. The number of fused-ring (bicyclic) bond motifs is 7. The second kappa shape index (κ2) is 9.59. The van der Waals surface area contributed by atoms with Crippen LogP contribution in [-0.2, 0) is 0 Å². The van der Waals surface area contributed by atoms with E-state index in [0.29, 0.717) is 0 Å². The molecule has 0 fully saturated rings. The smallest absolute Gasteiger partial charge is 0.137 e. The van der Waals surface area contributed by atoms with E-state index in [9.17, 15) is 0 Å². The summed E-state index contributed by atoms with van der Waals surface area (Å²) in [6, 6.07) is 54.3. The lowest BCUT2D eigenvalue weighted by molar-refractivity contribution is 0.669. The summed E-state index contributed by atoms with van der Waals surface area (Å²) in [6.07, 6.45) is 0. The highest BCUT2D eigenvalue weighted by molar-refractivity contribution is 7.26. The van der Waals surface area contributed by atoms with Crippen molar-refractivity contribution in [3.63, 3.8) is 0 Å². The molecule has 0 spiro atoms. The number of benzene rings is 7. The summed E-state index contributed by atoms with van der Waals surface area (Å²) in [5.41, 5.74) is 7.55. The highest BCUT2D eigenvalue weighted by Crippen LogP contribution is 2.49. The van der Waals surface area contributed by atoms with Crippen molar-refractivity contribution in [1.82, 2.24) is 0 Å². The maximum Gasteiger partial charge on any atom is 0.137 e. The van der Waals surface area contributed by atoms with Crippen LogP contribution in [0.5, 0.6) is 0 Å². The molecular formula is C40H25NOS. The van der Waals surface area contributed by atoms with Gasteiger partial charge in [0.25, 0.3) is 0 Å². The Balaban J connectivity index is 1.36. The summed E-state index contributed by atoms with van der Waals surface area (Å²) in [5.74, 6) is 0. The average Bonchev–Trinajstić information content (AvgIpc) is 3.63. The molecular weight excluding hydrogens is 543 g/mol. The number of hydrogen-bond donors (Lipinski definition) is 0. The summed E-state index contributed by atoms with van der Waals surface area (Å²) >= 11 is 1.86. The standard InChI is InChI=1S/C40H25NOS/c1-2-10-26(11-3-1)27-18-20-29(21-19-27)41(30-22-23-33-32-14-6-8-16-35(32)42-36(33)25-30)40-31-13-5-4-12-28(31)24-38-39(40)34-15-7-9-17-37(34)43-38/h1-25H. The van der Waals surface area contributed by atoms with E-state index in [0.717, 1.165) is 33.3 Å². The normalized spacial score (nSPS) is 11.7. The van der Waals surface area contributed by atoms with Gasteiger partial charge in [-0.2, -0.15) is 0 Å². The number of thiophene rings is 1. The summed E-state index contributed by atoms with van der Waals surface area (Å²) in [7, 11) is 0. The summed E-state index contributed by atoms with van der Waals surface area (Å²) in [5, 5.41) is 7.26. The van der Waals surface area contributed by atoms with Crippen LogP contribution in [0, 0.1) is 0 Å². The molecule has 9 aromatic rings. The first-order valence-corrected chi connectivity index (χ1v) is 15.3. The molecule has 2 aromatic heterocycles. The van der Waals surface area contributed by atoms with Crippen molar-refractivity contribution in [3.8, 4) is 11.1 Å². The van der Waals surface area contributed by atoms with E-state index in [4.69, 9.17) is 4.42 Å². The maximum absolute atomic E-state index is 6.40. The number of para-hydroxylation sites is 1. The van der Waals surface area contributed by atoms with Crippen LogP contribution in [0.25, 0.3) is 64.0 Å². The van der Waals surface area contributed by atoms with E-state index in [1.807, 2.05) is 23.5 Å². The third-order valence-electron chi connectivity index (χ3n) is 8.44. The molecule has 0 saturated carbocycles. The monoisotopic (exact) mass is 567 g/mol. The lowest BCUT2D eigenvalue weighted by Gasteiger charge is -2.28. The Hall–Kier alpha value is -5.38. The second-order valence-electron chi connectivity index (χ2n) is 10.9. The zero-order valence-corrected chi connectivity index (χ0v) is 24.0. The fourth-order valence-corrected chi connectivity index (χ4v) is 7.61. The molecule has 0 amide bonds. The fourth-order valence-electron chi connectivity index (χ4n) is 6.45. The third kappa shape index (κ3) is 3.86. The molecule has 9 rings (SSSR count). The van der Waals surface area contributed by atoms with Crippen molar-refractivity contribution in [1.29, 1.82) is 0 Å². The maximum atomic E-state index is 6.40. The molecule has 0 aliphatic rings. The van der Waals surface area contributed by atoms with Gasteiger partial charge in [0.1, 0.15) is 11.2 Å². The van der Waals surface area contributed by atoms with Gasteiger partial charge in [-0.3, -0.25) is 0 Å². The summed E-state index contributed by atoms with van der Waals surface area (Å²) in [6.45, 7) is 0. The van der Waals surface area contributed by atoms with Crippen molar-refractivity contribution in [2.75, 3.05) is 4.90 Å². The minimum atomic E-state index is 0.885. The zero-order chi connectivity index (χ0) is 28.3. The summed E-state index contributed by atoms with van der Waals surface area (Å²) in [4.78, 5) is 2.42. The van der Waals surface area contributed by atoms with Crippen LogP contribution >= 0.6 is 11.3 Å². The molecule has 43 heavy (non-hydrogen) atoms. The minimum absolute atomic E-state index is 0.885. The van der Waals surface area contributed by atoms with E-state index in [2.05, 4.69) is 144 Å². The van der Waals surface area contributed by atoms with Crippen molar-refractivity contribution in [3.05, 3.63) is 152 Å². The molecule has 0 atom stereocenters. The molecule has 0 aliphatic carbocycles. The van der Waals surface area contributed by atoms with E-state index in [-0.39, 0.29) is 0 Å². The van der Waals surface area contributed by atoms with Crippen LogP contribution in [0.15, 0.2) is 156 Å². The Bertz CT molecular complexity index is 2450. The van der Waals surface area contributed by atoms with Crippen LogP contribution in [-0.4, -0.2) is 0 Å². The molecule has 0 saturated heterocycles. The molecule has 7 aromatic carbocycles. The molecule has 2 heterocycles. The first-order chi connectivity index (χ1) is 21.3. The van der Waals surface area contributed by atoms with Gasteiger partial charge in [0.15, 0.2) is 0 Å². The molecule has 3 heteroatoms. The van der Waals surface area contributed by atoms with Crippen molar-refractivity contribution in [2.24, 2.45) is 0 Å². The predicted molar refractivity (Wildman–Crippen MR) is 184 cm³/mol. The summed E-state index contributed by atoms with van der Waals surface area (Å²) < 4.78 is 8.97. The number of hydrogen-bond acceptors (Lipinski definition) is 3. The van der Waals surface area contributed by atoms with E-state index in [1.54, 1.807) is 0 Å². The molecule has 0 aliphatic heterocycles. The quantitative estimate of drug-likeness (QED) is 0.210. The van der Waals surface area contributed by atoms with Crippen molar-refractivity contribution in [2.45, 2.75) is 0 Å². The number of furan rings is 1. The van der Waals surface area contributed by atoms with Gasteiger partial charge in [0.05, 0.1) is 5.69 Å². The predicted octanol–water partition coefficient (Wildman–Crippen LogP) is 12.2. The zero-order valence-electron chi connectivity index (χ0n) is 23.2. The molecule has 0 radical (unpaired) electrons.